The number of thioether (sulfide) groups is 1. The van der Waals surface area contributed by atoms with Crippen LogP contribution in [0, 0.1) is 6.92 Å². The number of fused-ring (bicyclic) bond motifs is 1. The summed E-state index contributed by atoms with van der Waals surface area (Å²) in [5.41, 5.74) is 3.88. The van der Waals surface area contributed by atoms with Crippen LogP contribution >= 0.6 is 11.8 Å². The topological polar surface area (TPSA) is 63.6 Å². The number of para-hydroxylation sites is 1. The number of nitrogens with one attached hydrogen (secondary N) is 1. The molecule has 0 unspecified atom stereocenters. The van der Waals surface area contributed by atoms with Crippen LogP contribution in [0.2, 0.25) is 0 Å². The van der Waals surface area contributed by atoms with Crippen molar-refractivity contribution >= 4 is 28.4 Å². The van der Waals surface area contributed by atoms with E-state index >= 15 is 0 Å². The van der Waals surface area contributed by atoms with E-state index in [0.717, 1.165) is 46.1 Å². The number of nitrogens with zero attached hydrogens (tertiary/aromatic N) is 3. The Bertz CT molecular complexity index is 1110. The molecule has 5 nitrogen and oxygen atoms in total. The Morgan fingerprint density at radius 2 is 1.82 bits per heavy atom. The molecule has 2 heterocycles. The van der Waals surface area contributed by atoms with Crippen LogP contribution in [-0.4, -0.2) is 31.3 Å². The van der Waals surface area contributed by atoms with Crippen LogP contribution in [0.3, 0.4) is 0 Å². The number of hydrogen-bond donors (Lipinski definition) is 1. The van der Waals surface area contributed by atoms with Crippen LogP contribution < -0.4 is 0 Å². The minimum absolute atomic E-state index is 0.107. The number of aromatic nitrogens is 4. The van der Waals surface area contributed by atoms with Crippen molar-refractivity contribution in [2.75, 3.05) is 5.75 Å². The summed E-state index contributed by atoms with van der Waals surface area (Å²) >= 11 is 1.45. The van der Waals surface area contributed by atoms with Gasteiger partial charge in [0, 0.05) is 35.1 Å². The summed E-state index contributed by atoms with van der Waals surface area (Å²) in [5, 5.41) is 10.5. The molecule has 0 aliphatic rings. The first-order valence-corrected chi connectivity index (χ1v) is 10.3. The smallest absolute Gasteiger partial charge is 0.191 e. The molecule has 0 bridgehead atoms. The first-order valence-electron chi connectivity index (χ1n) is 9.36. The monoisotopic (exact) mass is 390 g/mol. The van der Waals surface area contributed by atoms with Crippen LogP contribution in [-0.2, 0) is 13.0 Å². The number of Topliss-reactive ketones (excluding diaryl/α,β-unsaturated/α-hetero) is 1. The molecule has 0 saturated carbocycles. The van der Waals surface area contributed by atoms with Crippen LogP contribution in [0.1, 0.15) is 34.4 Å². The van der Waals surface area contributed by atoms with E-state index in [1.807, 2.05) is 49.4 Å². The molecule has 0 saturated heterocycles. The van der Waals surface area contributed by atoms with Gasteiger partial charge in [-0.2, -0.15) is 0 Å². The van der Waals surface area contributed by atoms with E-state index in [9.17, 15) is 4.79 Å². The predicted octanol–water partition coefficient (Wildman–Crippen LogP) is 4.65. The lowest BCUT2D eigenvalue weighted by molar-refractivity contribution is 0.102. The molecule has 0 radical (unpaired) electrons. The fraction of sp³-hybridized carbons (Fsp3) is 0.227. The van der Waals surface area contributed by atoms with Gasteiger partial charge >= 0.3 is 0 Å². The zero-order valence-electron chi connectivity index (χ0n) is 16.0. The summed E-state index contributed by atoms with van der Waals surface area (Å²) < 4.78 is 2.09. The van der Waals surface area contributed by atoms with E-state index in [2.05, 4.69) is 38.8 Å². The second-order valence-electron chi connectivity index (χ2n) is 6.69. The Kier molecular flexibility index (Phi) is 5.30. The first kappa shape index (κ1) is 18.5. The number of H-pyrrole nitrogens is 1. The van der Waals surface area contributed by atoms with Gasteiger partial charge in [-0.3, -0.25) is 4.79 Å². The molecule has 28 heavy (non-hydrogen) atoms. The molecule has 2 aromatic heterocycles. The second-order valence-corrected chi connectivity index (χ2v) is 7.63. The quantitative estimate of drug-likeness (QED) is 0.368. The van der Waals surface area contributed by atoms with Gasteiger partial charge in [-0.25, -0.2) is 0 Å². The Hall–Kier alpha value is -2.86. The lowest BCUT2D eigenvalue weighted by Gasteiger charge is -2.07. The highest BCUT2D eigenvalue weighted by Crippen LogP contribution is 2.25. The summed E-state index contributed by atoms with van der Waals surface area (Å²) in [7, 11) is 0. The summed E-state index contributed by atoms with van der Waals surface area (Å²) in [6.07, 6.45) is 0.734. The maximum absolute atomic E-state index is 12.9. The average molecular weight is 391 g/mol. The van der Waals surface area contributed by atoms with Gasteiger partial charge in [-0.15, -0.1) is 10.2 Å². The Balaban J connectivity index is 1.52. The normalized spacial score (nSPS) is 11.2. The summed E-state index contributed by atoms with van der Waals surface area (Å²) in [4.78, 5) is 16.2. The van der Waals surface area contributed by atoms with Gasteiger partial charge in [-0.1, -0.05) is 60.3 Å². The van der Waals surface area contributed by atoms with E-state index in [4.69, 9.17) is 0 Å². The van der Waals surface area contributed by atoms with Crippen LogP contribution in [0.4, 0.5) is 0 Å². The van der Waals surface area contributed by atoms with E-state index in [1.165, 1.54) is 17.3 Å². The van der Waals surface area contributed by atoms with Crippen molar-refractivity contribution in [2.24, 2.45) is 0 Å². The number of aryl methyl sites for hydroxylation is 1. The highest BCUT2D eigenvalue weighted by molar-refractivity contribution is 7.99. The van der Waals surface area contributed by atoms with Crippen molar-refractivity contribution in [1.82, 2.24) is 19.7 Å². The van der Waals surface area contributed by atoms with E-state index in [1.54, 1.807) is 0 Å². The van der Waals surface area contributed by atoms with Crippen molar-refractivity contribution in [3.8, 4) is 0 Å². The first-order chi connectivity index (χ1) is 13.7. The molecule has 1 N–H and O–H groups in total. The van der Waals surface area contributed by atoms with Crippen molar-refractivity contribution in [1.29, 1.82) is 0 Å². The molecule has 0 atom stereocenters. The van der Waals surface area contributed by atoms with E-state index in [-0.39, 0.29) is 5.78 Å². The fourth-order valence-electron chi connectivity index (χ4n) is 3.49. The molecule has 6 heteroatoms. The Morgan fingerprint density at radius 1 is 1.07 bits per heavy atom. The molecule has 0 fully saturated rings. The molecule has 4 rings (SSSR count). The van der Waals surface area contributed by atoms with Crippen molar-refractivity contribution < 1.29 is 4.79 Å². The van der Waals surface area contributed by atoms with Crippen LogP contribution in [0.25, 0.3) is 10.9 Å². The second kappa shape index (κ2) is 8.02. The number of hydrogen-bond acceptors (Lipinski definition) is 4. The Labute approximate surface area is 168 Å². The molecule has 0 aliphatic carbocycles. The van der Waals surface area contributed by atoms with Crippen molar-refractivity contribution in [3.63, 3.8) is 0 Å². The molecule has 142 valence electrons. The minimum Gasteiger partial charge on any atom is -0.358 e. The lowest BCUT2D eigenvalue weighted by atomic mass is 10.1. The third-order valence-electron chi connectivity index (χ3n) is 4.82. The van der Waals surface area contributed by atoms with Crippen molar-refractivity contribution in [3.05, 3.63) is 77.2 Å². The van der Waals surface area contributed by atoms with E-state index < -0.39 is 0 Å². The van der Waals surface area contributed by atoms with E-state index in [0.29, 0.717) is 5.75 Å². The number of carbonyl (C=O) groups excluding carboxylic acids is 1. The molecule has 4 aromatic rings. The summed E-state index contributed by atoms with van der Waals surface area (Å²) in [6.45, 7) is 4.80. The fourth-order valence-corrected chi connectivity index (χ4v) is 4.38. The number of aromatic amines is 1. The molecule has 0 aliphatic heterocycles. The molecule has 0 spiro atoms. The van der Waals surface area contributed by atoms with Gasteiger partial charge < -0.3 is 9.55 Å². The number of rotatable bonds is 7. The number of ketones is 1. The number of carbonyl (C=O) groups is 1. The standard InChI is InChI=1S/C22H22N4OS/c1-3-26-20(13-16-9-5-4-6-10-16)24-25-22(26)28-14-19(27)21-15(2)23-18-12-8-7-11-17(18)21/h4-12,23H,3,13-14H2,1-2H3. The van der Waals surface area contributed by atoms with Gasteiger partial charge in [0.05, 0.1) is 5.75 Å². The van der Waals surface area contributed by atoms with Gasteiger partial charge in [0.2, 0.25) is 0 Å². The minimum atomic E-state index is 0.107. The van der Waals surface area contributed by atoms with Gasteiger partial charge in [0.25, 0.3) is 0 Å². The van der Waals surface area contributed by atoms with Crippen molar-refractivity contribution in [2.45, 2.75) is 32.0 Å². The highest BCUT2D eigenvalue weighted by atomic mass is 32.2. The third-order valence-corrected chi connectivity index (χ3v) is 5.79. The number of benzene rings is 2. The largest absolute Gasteiger partial charge is 0.358 e. The Morgan fingerprint density at radius 3 is 2.61 bits per heavy atom. The third kappa shape index (κ3) is 3.60. The molecular formula is C22H22N4OS. The van der Waals surface area contributed by atoms with Gasteiger partial charge in [0.15, 0.2) is 10.9 Å². The maximum atomic E-state index is 12.9. The zero-order valence-corrected chi connectivity index (χ0v) is 16.8. The SMILES string of the molecule is CCn1c(Cc2ccccc2)nnc1SCC(=O)c1c(C)[nH]c2ccccc12. The van der Waals surface area contributed by atoms with Gasteiger partial charge in [-0.05, 0) is 25.5 Å². The molecule has 0 amide bonds. The summed E-state index contributed by atoms with van der Waals surface area (Å²) in [5.74, 6) is 1.37. The van der Waals surface area contributed by atoms with Crippen LogP contribution in [0.5, 0.6) is 0 Å². The predicted molar refractivity (Wildman–Crippen MR) is 113 cm³/mol. The average Bonchev–Trinajstić information content (AvgIpc) is 3.26. The highest BCUT2D eigenvalue weighted by Gasteiger charge is 2.18. The zero-order chi connectivity index (χ0) is 19.5. The maximum Gasteiger partial charge on any atom is 0.191 e. The lowest BCUT2D eigenvalue weighted by Crippen LogP contribution is -2.07. The molecule has 2 aromatic carbocycles. The summed E-state index contributed by atoms with van der Waals surface area (Å²) in [6, 6.07) is 18.2. The van der Waals surface area contributed by atoms with Gasteiger partial charge in [0.1, 0.15) is 5.82 Å². The molecular weight excluding hydrogens is 368 g/mol. The van der Waals surface area contributed by atoms with Crippen LogP contribution in [0.15, 0.2) is 59.8 Å².